The van der Waals surface area contributed by atoms with Gasteiger partial charge in [0.15, 0.2) is 0 Å². The van der Waals surface area contributed by atoms with E-state index in [-0.39, 0.29) is 6.42 Å². The van der Waals surface area contributed by atoms with Crippen LogP contribution in [0.25, 0.3) is 0 Å². The first-order valence-corrected chi connectivity index (χ1v) is 4.59. The van der Waals surface area contributed by atoms with Gasteiger partial charge >= 0.3 is 5.97 Å². The van der Waals surface area contributed by atoms with Gasteiger partial charge in [-0.3, -0.25) is 9.69 Å². The maximum atomic E-state index is 10.2. The summed E-state index contributed by atoms with van der Waals surface area (Å²) in [5.74, 6) is -0.767. The van der Waals surface area contributed by atoms with Crippen LogP contribution in [0.15, 0.2) is 12.2 Å². The van der Waals surface area contributed by atoms with E-state index in [9.17, 15) is 4.79 Å². The number of carboxylic acid groups (broad SMARTS) is 1. The number of carbonyl (C=O) groups is 1. The molecular weight excluding hydrogens is 168 g/mol. The lowest BCUT2D eigenvalue weighted by atomic mass is 10.3. The first-order valence-electron chi connectivity index (χ1n) is 4.59. The highest BCUT2D eigenvalue weighted by molar-refractivity contribution is 5.68. The highest BCUT2D eigenvalue weighted by atomic mass is 16.4. The molecule has 1 rings (SSSR count). The Morgan fingerprint density at radius 1 is 1.38 bits per heavy atom. The molecule has 2 N–H and O–H groups in total. The van der Waals surface area contributed by atoms with Crippen molar-refractivity contribution in [2.75, 3.05) is 32.7 Å². The van der Waals surface area contributed by atoms with Crippen molar-refractivity contribution in [3.05, 3.63) is 12.2 Å². The predicted molar refractivity (Wildman–Crippen MR) is 50.7 cm³/mol. The molecule has 1 saturated heterocycles. The molecule has 0 saturated carbocycles. The number of rotatable bonds is 4. The van der Waals surface area contributed by atoms with Crippen molar-refractivity contribution < 1.29 is 9.90 Å². The number of aliphatic carboxylic acids is 1. The summed E-state index contributed by atoms with van der Waals surface area (Å²) in [7, 11) is 0. The summed E-state index contributed by atoms with van der Waals surface area (Å²) in [4.78, 5) is 12.5. The number of carboxylic acids is 1. The molecule has 1 fully saturated rings. The second kappa shape index (κ2) is 5.72. The summed E-state index contributed by atoms with van der Waals surface area (Å²) < 4.78 is 0. The van der Waals surface area contributed by atoms with Crippen LogP contribution in [0, 0.1) is 0 Å². The molecule has 1 aliphatic rings. The number of hydrogen-bond acceptors (Lipinski definition) is 3. The lowest BCUT2D eigenvalue weighted by Gasteiger charge is -2.25. The molecule has 0 bridgehead atoms. The van der Waals surface area contributed by atoms with Crippen LogP contribution in [0.4, 0.5) is 0 Å². The minimum Gasteiger partial charge on any atom is -0.481 e. The first-order chi connectivity index (χ1) is 6.29. The fourth-order valence-electron chi connectivity index (χ4n) is 1.30. The summed E-state index contributed by atoms with van der Waals surface area (Å²) in [5.41, 5.74) is 0. The van der Waals surface area contributed by atoms with E-state index >= 15 is 0 Å². The summed E-state index contributed by atoms with van der Waals surface area (Å²) in [5, 5.41) is 11.6. The lowest BCUT2D eigenvalue weighted by molar-refractivity contribution is -0.136. The van der Waals surface area contributed by atoms with Gasteiger partial charge in [0.2, 0.25) is 0 Å². The van der Waals surface area contributed by atoms with Gasteiger partial charge in [-0.1, -0.05) is 12.2 Å². The van der Waals surface area contributed by atoms with Gasteiger partial charge in [0, 0.05) is 32.7 Å². The fraction of sp³-hybridized carbons (Fsp3) is 0.667. The number of piperazine rings is 1. The molecule has 1 aliphatic heterocycles. The first kappa shape index (κ1) is 10.2. The van der Waals surface area contributed by atoms with Gasteiger partial charge < -0.3 is 10.4 Å². The number of nitrogens with zero attached hydrogens (tertiary/aromatic N) is 1. The Hall–Kier alpha value is -0.870. The van der Waals surface area contributed by atoms with Crippen molar-refractivity contribution in [2.24, 2.45) is 0 Å². The van der Waals surface area contributed by atoms with Gasteiger partial charge in [-0.05, 0) is 0 Å². The molecule has 4 heteroatoms. The summed E-state index contributed by atoms with van der Waals surface area (Å²) in [6.07, 6.45) is 3.77. The molecule has 1 heterocycles. The minimum absolute atomic E-state index is 0.131. The molecule has 0 aliphatic carbocycles. The second-order valence-electron chi connectivity index (χ2n) is 3.12. The zero-order chi connectivity index (χ0) is 9.52. The normalized spacial score (nSPS) is 19.4. The molecule has 0 spiro atoms. The molecule has 0 atom stereocenters. The largest absolute Gasteiger partial charge is 0.481 e. The van der Waals surface area contributed by atoms with Crippen molar-refractivity contribution in [1.82, 2.24) is 10.2 Å². The standard InChI is InChI=1S/C9H16N2O2/c12-9(13)3-1-2-6-11-7-4-10-5-8-11/h1-2,10H,3-8H2,(H,12,13)/b2-1+. The zero-order valence-electron chi connectivity index (χ0n) is 7.70. The van der Waals surface area contributed by atoms with Crippen molar-refractivity contribution in [3.63, 3.8) is 0 Å². The van der Waals surface area contributed by atoms with Gasteiger partial charge in [0.05, 0.1) is 6.42 Å². The van der Waals surface area contributed by atoms with Gasteiger partial charge in [-0.15, -0.1) is 0 Å². The maximum absolute atomic E-state index is 10.2. The highest BCUT2D eigenvalue weighted by Crippen LogP contribution is 1.92. The van der Waals surface area contributed by atoms with E-state index < -0.39 is 5.97 Å². The van der Waals surface area contributed by atoms with Crippen LogP contribution in [0.1, 0.15) is 6.42 Å². The third-order valence-corrected chi connectivity index (χ3v) is 2.03. The van der Waals surface area contributed by atoms with E-state index in [1.54, 1.807) is 6.08 Å². The second-order valence-corrected chi connectivity index (χ2v) is 3.12. The van der Waals surface area contributed by atoms with E-state index in [1.807, 2.05) is 6.08 Å². The molecule has 74 valence electrons. The van der Waals surface area contributed by atoms with Gasteiger partial charge in [-0.2, -0.15) is 0 Å². The fourth-order valence-corrected chi connectivity index (χ4v) is 1.30. The molecule has 4 nitrogen and oxygen atoms in total. The topological polar surface area (TPSA) is 52.6 Å². The molecule has 0 aromatic heterocycles. The van der Waals surface area contributed by atoms with Crippen molar-refractivity contribution in [3.8, 4) is 0 Å². The smallest absolute Gasteiger partial charge is 0.307 e. The Bertz CT molecular complexity index is 186. The van der Waals surface area contributed by atoms with E-state index in [2.05, 4.69) is 10.2 Å². The predicted octanol–water partition coefficient (Wildman–Crippen LogP) is -0.0775. The molecule has 0 unspecified atom stereocenters. The van der Waals surface area contributed by atoms with Gasteiger partial charge in [-0.25, -0.2) is 0 Å². The highest BCUT2D eigenvalue weighted by Gasteiger charge is 2.06. The average Bonchev–Trinajstić information content (AvgIpc) is 2.14. The van der Waals surface area contributed by atoms with Crippen LogP contribution >= 0.6 is 0 Å². The molecular formula is C9H16N2O2. The Kier molecular flexibility index (Phi) is 4.49. The van der Waals surface area contributed by atoms with Gasteiger partial charge in [0.1, 0.15) is 0 Å². The third-order valence-electron chi connectivity index (χ3n) is 2.03. The number of nitrogens with one attached hydrogen (secondary N) is 1. The lowest BCUT2D eigenvalue weighted by Crippen LogP contribution is -2.43. The Morgan fingerprint density at radius 2 is 2.08 bits per heavy atom. The Morgan fingerprint density at radius 3 is 2.69 bits per heavy atom. The van der Waals surface area contributed by atoms with Crippen LogP contribution in [-0.4, -0.2) is 48.7 Å². The van der Waals surface area contributed by atoms with Crippen molar-refractivity contribution in [2.45, 2.75) is 6.42 Å². The third kappa shape index (κ3) is 4.65. The summed E-state index contributed by atoms with van der Waals surface area (Å²) in [6, 6.07) is 0. The van der Waals surface area contributed by atoms with Crippen LogP contribution in [0.5, 0.6) is 0 Å². The average molecular weight is 184 g/mol. The van der Waals surface area contributed by atoms with E-state index in [0.717, 1.165) is 32.7 Å². The molecule has 0 radical (unpaired) electrons. The van der Waals surface area contributed by atoms with E-state index in [1.165, 1.54) is 0 Å². The molecule has 13 heavy (non-hydrogen) atoms. The number of hydrogen-bond donors (Lipinski definition) is 2. The maximum Gasteiger partial charge on any atom is 0.307 e. The quantitative estimate of drug-likeness (QED) is 0.600. The van der Waals surface area contributed by atoms with E-state index in [0.29, 0.717) is 0 Å². The van der Waals surface area contributed by atoms with Crippen molar-refractivity contribution >= 4 is 5.97 Å². The van der Waals surface area contributed by atoms with Crippen LogP contribution in [0.2, 0.25) is 0 Å². The monoisotopic (exact) mass is 184 g/mol. The van der Waals surface area contributed by atoms with Crippen LogP contribution in [0.3, 0.4) is 0 Å². The van der Waals surface area contributed by atoms with E-state index in [4.69, 9.17) is 5.11 Å². The summed E-state index contributed by atoms with van der Waals surface area (Å²) in [6.45, 7) is 5.04. The van der Waals surface area contributed by atoms with Crippen LogP contribution in [-0.2, 0) is 4.79 Å². The van der Waals surface area contributed by atoms with Gasteiger partial charge in [0.25, 0.3) is 0 Å². The summed E-state index contributed by atoms with van der Waals surface area (Å²) >= 11 is 0. The Labute approximate surface area is 78.2 Å². The SMILES string of the molecule is O=C(O)C/C=C/CN1CCNCC1. The van der Waals surface area contributed by atoms with Crippen molar-refractivity contribution in [1.29, 1.82) is 0 Å². The van der Waals surface area contributed by atoms with Crippen LogP contribution < -0.4 is 5.32 Å². The molecule has 0 aromatic carbocycles. The zero-order valence-corrected chi connectivity index (χ0v) is 7.70. The molecule has 0 amide bonds. The molecule has 0 aromatic rings. The Balaban J connectivity index is 2.09. The minimum atomic E-state index is -0.767.